The Balaban J connectivity index is 1.56. The summed E-state index contributed by atoms with van der Waals surface area (Å²) in [5.74, 6) is 0. The minimum atomic E-state index is 0.853. The average Bonchev–Trinajstić information content (AvgIpc) is 2.91. The van der Waals surface area contributed by atoms with Gasteiger partial charge in [-0.2, -0.15) is 5.10 Å². The molecule has 1 aliphatic rings. The molecule has 0 aromatic carbocycles. The minimum absolute atomic E-state index is 0.853. The topological polar surface area (TPSA) is 29.9 Å². The summed E-state index contributed by atoms with van der Waals surface area (Å²) in [5, 5.41) is 7.68. The van der Waals surface area contributed by atoms with Gasteiger partial charge < -0.3 is 5.32 Å². The summed E-state index contributed by atoms with van der Waals surface area (Å²) in [7, 11) is 2.01. The van der Waals surface area contributed by atoms with Crippen molar-refractivity contribution in [2.75, 3.05) is 6.54 Å². The van der Waals surface area contributed by atoms with Crippen LogP contribution in [0, 0.1) is 0 Å². The summed E-state index contributed by atoms with van der Waals surface area (Å²) in [5.41, 5.74) is 1.34. The van der Waals surface area contributed by atoms with Crippen LogP contribution in [0.5, 0.6) is 0 Å². The zero-order valence-electron chi connectivity index (χ0n) is 8.87. The van der Waals surface area contributed by atoms with Gasteiger partial charge in [-0.1, -0.05) is 0 Å². The molecule has 0 amide bonds. The molecule has 1 heterocycles. The molecule has 1 saturated carbocycles. The fraction of sp³-hybridized carbons (Fsp3) is 0.727. The molecule has 0 bridgehead atoms. The van der Waals surface area contributed by atoms with Crippen LogP contribution in [0.25, 0.3) is 0 Å². The zero-order valence-corrected chi connectivity index (χ0v) is 8.87. The molecule has 78 valence electrons. The van der Waals surface area contributed by atoms with Crippen molar-refractivity contribution in [3.8, 4) is 0 Å². The predicted octanol–water partition coefficient (Wildman–Crippen LogP) is 1.49. The molecule has 14 heavy (non-hydrogen) atoms. The van der Waals surface area contributed by atoms with Crippen molar-refractivity contribution in [2.24, 2.45) is 7.05 Å². The Labute approximate surface area is 85.5 Å². The average molecular weight is 193 g/mol. The van der Waals surface area contributed by atoms with Crippen LogP contribution in [-0.2, 0) is 13.5 Å². The van der Waals surface area contributed by atoms with E-state index in [-0.39, 0.29) is 0 Å². The highest BCUT2D eigenvalue weighted by atomic mass is 15.2. The molecular weight excluding hydrogens is 174 g/mol. The Kier molecular flexibility index (Phi) is 3.19. The monoisotopic (exact) mass is 193 g/mol. The maximum Gasteiger partial charge on any atom is 0.0492 e. The first-order chi connectivity index (χ1) is 6.86. The molecule has 0 aliphatic heterocycles. The van der Waals surface area contributed by atoms with Crippen LogP contribution >= 0.6 is 0 Å². The van der Waals surface area contributed by atoms with E-state index >= 15 is 0 Å². The van der Waals surface area contributed by atoms with Gasteiger partial charge in [-0.3, -0.25) is 4.68 Å². The lowest BCUT2D eigenvalue weighted by Gasteiger charge is -2.03. The lowest BCUT2D eigenvalue weighted by atomic mass is 10.2. The molecule has 1 N–H and O–H groups in total. The number of hydrogen-bond donors (Lipinski definition) is 1. The fourth-order valence-corrected chi connectivity index (χ4v) is 1.67. The van der Waals surface area contributed by atoms with Crippen LogP contribution in [0.15, 0.2) is 12.3 Å². The molecular formula is C11H19N3. The number of rotatable bonds is 6. The maximum atomic E-state index is 4.15. The van der Waals surface area contributed by atoms with Gasteiger partial charge in [0.25, 0.3) is 0 Å². The van der Waals surface area contributed by atoms with Gasteiger partial charge in [0.15, 0.2) is 0 Å². The zero-order chi connectivity index (χ0) is 9.80. The summed E-state index contributed by atoms with van der Waals surface area (Å²) in [6.07, 6.45) is 8.35. The quantitative estimate of drug-likeness (QED) is 0.694. The van der Waals surface area contributed by atoms with Gasteiger partial charge in [0.05, 0.1) is 0 Å². The normalized spacial score (nSPS) is 16.1. The third kappa shape index (κ3) is 2.84. The predicted molar refractivity (Wildman–Crippen MR) is 57.2 cm³/mol. The van der Waals surface area contributed by atoms with Crippen molar-refractivity contribution < 1.29 is 0 Å². The van der Waals surface area contributed by atoms with E-state index < -0.39 is 0 Å². The van der Waals surface area contributed by atoms with Gasteiger partial charge in [-0.15, -0.1) is 0 Å². The molecule has 3 heteroatoms. The van der Waals surface area contributed by atoms with Gasteiger partial charge in [-0.25, -0.2) is 0 Å². The van der Waals surface area contributed by atoms with Crippen LogP contribution in [-0.4, -0.2) is 22.4 Å². The number of unbranched alkanes of at least 4 members (excludes halogenated alkanes) is 1. The van der Waals surface area contributed by atoms with E-state index in [9.17, 15) is 0 Å². The summed E-state index contributed by atoms with van der Waals surface area (Å²) in [6.45, 7) is 1.18. The first-order valence-electron chi connectivity index (χ1n) is 5.56. The molecule has 1 aliphatic carbocycles. The number of hydrogen-bond acceptors (Lipinski definition) is 2. The van der Waals surface area contributed by atoms with Crippen molar-refractivity contribution in [1.82, 2.24) is 15.1 Å². The SMILES string of the molecule is Cn1nccc1CCCCNC1CC1. The van der Waals surface area contributed by atoms with Crippen molar-refractivity contribution >= 4 is 0 Å². The van der Waals surface area contributed by atoms with E-state index in [0.717, 1.165) is 12.5 Å². The van der Waals surface area contributed by atoms with E-state index in [4.69, 9.17) is 0 Å². The second-order valence-electron chi connectivity index (χ2n) is 4.13. The maximum absolute atomic E-state index is 4.15. The Morgan fingerprint density at radius 3 is 3.00 bits per heavy atom. The number of aryl methyl sites for hydroxylation is 2. The highest BCUT2D eigenvalue weighted by Gasteiger charge is 2.19. The number of nitrogens with one attached hydrogen (secondary N) is 1. The van der Waals surface area contributed by atoms with Gasteiger partial charge in [0, 0.05) is 25.0 Å². The minimum Gasteiger partial charge on any atom is -0.314 e. The third-order valence-electron chi connectivity index (χ3n) is 2.79. The van der Waals surface area contributed by atoms with Crippen LogP contribution < -0.4 is 5.32 Å². The van der Waals surface area contributed by atoms with Crippen LogP contribution in [0.1, 0.15) is 31.4 Å². The molecule has 0 saturated heterocycles. The van der Waals surface area contributed by atoms with Gasteiger partial charge >= 0.3 is 0 Å². The van der Waals surface area contributed by atoms with Crippen molar-refractivity contribution in [2.45, 2.75) is 38.1 Å². The van der Waals surface area contributed by atoms with Crippen molar-refractivity contribution in [3.05, 3.63) is 18.0 Å². The highest BCUT2D eigenvalue weighted by molar-refractivity contribution is 4.99. The van der Waals surface area contributed by atoms with Gasteiger partial charge in [0.2, 0.25) is 0 Å². The van der Waals surface area contributed by atoms with Crippen LogP contribution in [0.3, 0.4) is 0 Å². The van der Waals surface area contributed by atoms with Gasteiger partial charge in [-0.05, 0) is 44.7 Å². The van der Waals surface area contributed by atoms with Crippen LogP contribution in [0.4, 0.5) is 0 Å². The summed E-state index contributed by atoms with van der Waals surface area (Å²) >= 11 is 0. The Morgan fingerprint density at radius 2 is 2.36 bits per heavy atom. The molecule has 1 fully saturated rings. The number of aromatic nitrogens is 2. The summed E-state index contributed by atoms with van der Waals surface area (Å²) in [6, 6.07) is 2.96. The molecule has 0 radical (unpaired) electrons. The van der Waals surface area contributed by atoms with Crippen molar-refractivity contribution in [3.63, 3.8) is 0 Å². The second-order valence-corrected chi connectivity index (χ2v) is 4.13. The third-order valence-corrected chi connectivity index (χ3v) is 2.79. The van der Waals surface area contributed by atoms with Crippen LogP contribution in [0.2, 0.25) is 0 Å². The highest BCUT2D eigenvalue weighted by Crippen LogP contribution is 2.18. The summed E-state index contributed by atoms with van der Waals surface area (Å²) < 4.78 is 1.97. The number of nitrogens with zero attached hydrogens (tertiary/aromatic N) is 2. The second kappa shape index (κ2) is 4.60. The molecule has 2 rings (SSSR count). The van der Waals surface area contributed by atoms with E-state index in [1.165, 1.54) is 37.9 Å². The Morgan fingerprint density at radius 1 is 1.50 bits per heavy atom. The van der Waals surface area contributed by atoms with E-state index in [0.29, 0.717) is 0 Å². The Hall–Kier alpha value is -0.830. The lowest BCUT2D eigenvalue weighted by Crippen LogP contribution is -2.17. The summed E-state index contributed by atoms with van der Waals surface area (Å²) in [4.78, 5) is 0. The van der Waals surface area contributed by atoms with E-state index in [1.807, 2.05) is 17.9 Å². The molecule has 0 atom stereocenters. The van der Waals surface area contributed by atoms with E-state index in [1.54, 1.807) is 0 Å². The smallest absolute Gasteiger partial charge is 0.0492 e. The van der Waals surface area contributed by atoms with E-state index in [2.05, 4.69) is 16.5 Å². The molecule has 0 spiro atoms. The van der Waals surface area contributed by atoms with Crippen molar-refractivity contribution in [1.29, 1.82) is 0 Å². The standard InChI is InChI=1S/C11H19N3/c1-14-11(7-9-13-14)4-2-3-8-12-10-5-6-10/h7,9-10,12H,2-6,8H2,1H3. The van der Waals surface area contributed by atoms with Gasteiger partial charge in [0.1, 0.15) is 0 Å². The largest absolute Gasteiger partial charge is 0.314 e. The Bertz CT molecular complexity index is 276. The lowest BCUT2D eigenvalue weighted by molar-refractivity contribution is 0.603. The molecule has 1 aromatic heterocycles. The first-order valence-corrected chi connectivity index (χ1v) is 5.56. The first kappa shape index (κ1) is 9.71. The molecule has 1 aromatic rings. The molecule has 0 unspecified atom stereocenters. The molecule has 3 nitrogen and oxygen atoms in total. The fourth-order valence-electron chi connectivity index (χ4n) is 1.67.